The van der Waals surface area contributed by atoms with Crippen LogP contribution in [0, 0.1) is 11.8 Å². The van der Waals surface area contributed by atoms with Crippen molar-refractivity contribution in [2.24, 2.45) is 11.8 Å². The molecule has 0 heterocycles. The fraction of sp³-hybridized carbons (Fsp3) is 0.391. The van der Waals surface area contributed by atoms with E-state index in [9.17, 15) is 14.7 Å². The van der Waals surface area contributed by atoms with Gasteiger partial charge < -0.3 is 24.9 Å². The first-order chi connectivity index (χ1) is 14.5. The number of carbonyl (C=O) groups excluding carboxylic acids is 2. The predicted octanol–water partition coefficient (Wildman–Crippen LogP) is 0.367. The van der Waals surface area contributed by atoms with Crippen molar-refractivity contribution in [3.05, 3.63) is 59.6 Å². The van der Waals surface area contributed by atoms with Gasteiger partial charge in [-0.05, 0) is 73.9 Å². The zero-order valence-electron chi connectivity index (χ0n) is 18.2. The third-order valence-electron chi connectivity index (χ3n) is 5.26. The van der Waals surface area contributed by atoms with Crippen molar-refractivity contribution in [3.8, 4) is 0 Å². The number of halogens is 1. The number of carboxylic acids is 1. The third-order valence-corrected chi connectivity index (χ3v) is 5.52. The second-order valence-electron chi connectivity index (χ2n) is 7.50. The molecule has 0 unspecified atom stereocenters. The van der Waals surface area contributed by atoms with Gasteiger partial charge in [0, 0.05) is 11.6 Å². The van der Waals surface area contributed by atoms with Gasteiger partial charge in [0.1, 0.15) is 0 Å². The Morgan fingerprint density at radius 1 is 0.906 bits per heavy atom. The van der Waals surface area contributed by atoms with Gasteiger partial charge >= 0.3 is 35.7 Å². The van der Waals surface area contributed by atoms with Crippen LogP contribution in [-0.4, -0.2) is 37.4 Å². The number of para-hydroxylation sites is 1. The molecule has 0 radical (unpaired) electrons. The predicted molar refractivity (Wildman–Crippen MR) is 116 cm³/mol. The Balaban J connectivity index is 0.00000256. The van der Waals surface area contributed by atoms with Gasteiger partial charge in [-0.15, -0.1) is 0 Å². The van der Waals surface area contributed by atoms with Crippen LogP contribution in [0.3, 0.4) is 0 Å². The largest absolute Gasteiger partial charge is 1.00 e. The quantitative estimate of drug-likeness (QED) is 0.516. The monoisotopic (exact) mass is 471 g/mol. The van der Waals surface area contributed by atoms with Crippen molar-refractivity contribution in [1.29, 1.82) is 0 Å². The van der Waals surface area contributed by atoms with Gasteiger partial charge in [0.15, 0.2) is 0 Å². The molecule has 1 fully saturated rings. The molecular formula is C23H27ClNNaO6. The molecule has 2 N–H and O–H groups in total. The Labute approximate surface area is 215 Å². The fourth-order valence-electron chi connectivity index (χ4n) is 3.65. The van der Waals surface area contributed by atoms with Gasteiger partial charge in [-0.1, -0.05) is 29.8 Å². The molecule has 168 valence electrons. The number of aliphatic carboxylic acids is 1. The van der Waals surface area contributed by atoms with Crippen molar-refractivity contribution >= 4 is 35.0 Å². The Morgan fingerprint density at radius 3 is 2.00 bits per heavy atom. The number of hydrogen-bond donors (Lipinski definition) is 0. The van der Waals surface area contributed by atoms with Crippen LogP contribution < -0.4 is 39.6 Å². The second-order valence-corrected chi connectivity index (χ2v) is 7.93. The maximum absolute atomic E-state index is 12.9. The molecular weight excluding hydrogens is 445 g/mol. The van der Waals surface area contributed by atoms with Crippen molar-refractivity contribution in [3.63, 3.8) is 0 Å². The summed E-state index contributed by atoms with van der Waals surface area (Å²) >= 11 is 5.99. The molecule has 0 aliphatic heterocycles. The summed E-state index contributed by atoms with van der Waals surface area (Å²) in [6, 6.07) is 16.4. The Kier molecular flexibility index (Phi) is 12.9. The van der Waals surface area contributed by atoms with Crippen molar-refractivity contribution < 1.29 is 59.2 Å². The number of rotatable bonds is 8. The van der Waals surface area contributed by atoms with Gasteiger partial charge in [0.2, 0.25) is 0 Å². The average Bonchev–Trinajstić information content (AvgIpc) is 2.75. The van der Waals surface area contributed by atoms with E-state index in [2.05, 4.69) is 0 Å². The van der Waals surface area contributed by atoms with E-state index in [0.717, 1.165) is 31.4 Å². The summed E-state index contributed by atoms with van der Waals surface area (Å²) in [7, 11) is 0. The summed E-state index contributed by atoms with van der Waals surface area (Å²) in [5.74, 6) is -0.570. The molecule has 0 bridgehead atoms. The number of carboxylic acid groups (broad SMARTS) is 1. The molecule has 9 heteroatoms. The molecule has 32 heavy (non-hydrogen) atoms. The minimum Gasteiger partial charge on any atom is -0.548 e. The topological polar surface area (TPSA) is 110 Å². The Bertz CT molecular complexity index is 828. The van der Waals surface area contributed by atoms with Crippen LogP contribution >= 0.6 is 11.6 Å². The van der Waals surface area contributed by atoms with E-state index in [0.29, 0.717) is 29.8 Å². The third kappa shape index (κ3) is 8.73. The molecule has 2 aromatic rings. The summed E-state index contributed by atoms with van der Waals surface area (Å²) in [6.07, 6.45) is 3.25. The van der Waals surface area contributed by atoms with Gasteiger partial charge in [-0.3, -0.25) is 0 Å². The molecule has 1 amide bonds. The molecule has 0 spiro atoms. The zero-order chi connectivity index (χ0) is 21.3. The fourth-order valence-corrected chi connectivity index (χ4v) is 3.78. The summed E-state index contributed by atoms with van der Waals surface area (Å²) in [5, 5.41) is 11.0. The Hall–Kier alpha value is -1.61. The molecule has 3 rings (SSSR count). The minimum absolute atomic E-state index is 0. The van der Waals surface area contributed by atoms with E-state index >= 15 is 0 Å². The first-order valence-electron chi connectivity index (χ1n) is 10.1. The first-order valence-corrected chi connectivity index (χ1v) is 10.5. The molecule has 2 aromatic carbocycles. The smallest absolute Gasteiger partial charge is 0.548 e. The van der Waals surface area contributed by atoms with E-state index in [1.165, 1.54) is 4.90 Å². The molecule has 1 aliphatic carbocycles. The number of benzene rings is 2. The van der Waals surface area contributed by atoms with E-state index in [-0.39, 0.29) is 47.6 Å². The standard InChI is InChI=1S/C23H26ClNO5.Na.H2O/c24-19-10-12-21(13-11-19)25(20-4-2-1-3-5-20)23(28)30-15-18-8-6-17(7-9-18)14-29-16-22(26)27;;/h1-5,10-13,17-18H,6-9,14-16H2,(H,26,27);;1H2/q;+1;/p-1. The number of ether oxygens (including phenoxy) is 2. The van der Waals surface area contributed by atoms with Crippen LogP contribution in [0.15, 0.2) is 54.6 Å². The summed E-state index contributed by atoms with van der Waals surface area (Å²) in [4.78, 5) is 24.9. The van der Waals surface area contributed by atoms with Gasteiger partial charge in [-0.25, -0.2) is 9.69 Å². The summed E-state index contributed by atoms with van der Waals surface area (Å²) in [6.45, 7) is 0.415. The maximum atomic E-state index is 12.9. The molecule has 0 saturated heterocycles. The number of anilines is 2. The van der Waals surface area contributed by atoms with Crippen molar-refractivity contribution in [2.45, 2.75) is 25.7 Å². The summed E-state index contributed by atoms with van der Waals surface area (Å²) < 4.78 is 10.8. The summed E-state index contributed by atoms with van der Waals surface area (Å²) in [5.41, 5.74) is 1.41. The van der Waals surface area contributed by atoms with Crippen LogP contribution in [0.4, 0.5) is 16.2 Å². The maximum Gasteiger partial charge on any atom is 1.00 e. The van der Waals surface area contributed by atoms with Gasteiger partial charge in [0.25, 0.3) is 0 Å². The van der Waals surface area contributed by atoms with E-state index < -0.39 is 12.1 Å². The number of nitrogens with zero attached hydrogens (tertiary/aromatic N) is 1. The first kappa shape index (κ1) is 28.4. The molecule has 0 aromatic heterocycles. The van der Waals surface area contributed by atoms with E-state index in [4.69, 9.17) is 21.1 Å². The second kappa shape index (κ2) is 14.5. The van der Waals surface area contributed by atoms with Crippen LogP contribution in [-0.2, 0) is 14.3 Å². The van der Waals surface area contributed by atoms with Gasteiger partial charge in [-0.2, -0.15) is 0 Å². The van der Waals surface area contributed by atoms with Crippen LogP contribution in [0.1, 0.15) is 25.7 Å². The van der Waals surface area contributed by atoms with Crippen molar-refractivity contribution in [2.75, 3.05) is 24.7 Å². The van der Waals surface area contributed by atoms with Crippen LogP contribution in [0.2, 0.25) is 5.02 Å². The number of hydrogen-bond acceptors (Lipinski definition) is 5. The van der Waals surface area contributed by atoms with E-state index in [1.807, 2.05) is 30.3 Å². The molecule has 1 saturated carbocycles. The average molecular weight is 472 g/mol. The van der Waals surface area contributed by atoms with Gasteiger partial charge in [0.05, 0.1) is 30.6 Å². The normalized spacial score (nSPS) is 17.4. The zero-order valence-corrected chi connectivity index (χ0v) is 20.9. The number of amides is 1. The van der Waals surface area contributed by atoms with E-state index in [1.54, 1.807) is 24.3 Å². The van der Waals surface area contributed by atoms with Crippen LogP contribution in [0.25, 0.3) is 0 Å². The SMILES string of the molecule is O.O=C([O-])COCC1CCC(COC(=O)N(c2ccccc2)c2ccc(Cl)cc2)CC1.[Na+]. The molecule has 7 nitrogen and oxygen atoms in total. The Morgan fingerprint density at radius 2 is 1.44 bits per heavy atom. The van der Waals surface area contributed by atoms with Crippen LogP contribution in [0.5, 0.6) is 0 Å². The minimum atomic E-state index is -1.20. The molecule has 1 aliphatic rings. The molecule has 0 atom stereocenters. The number of carbonyl (C=O) groups is 2. The van der Waals surface area contributed by atoms with Crippen molar-refractivity contribution in [1.82, 2.24) is 0 Å².